The van der Waals surface area contributed by atoms with E-state index in [-0.39, 0.29) is 18.0 Å². The lowest BCUT2D eigenvalue weighted by atomic mass is 10.2. The second-order valence-corrected chi connectivity index (χ2v) is 5.41. The number of nitrogens with zero attached hydrogens (tertiary/aromatic N) is 3. The van der Waals surface area contributed by atoms with E-state index >= 15 is 0 Å². The van der Waals surface area contributed by atoms with Crippen LogP contribution in [-0.2, 0) is 17.8 Å². The van der Waals surface area contributed by atoms with E-state index in [0.29, 0.717) is 18.8 Å². The van der Waals surface area contributed by atoms with E-state index in [1.165, 1.54) is 0 Å². The predicted octanol–water partition coefficient (Wildman–Crippen LogP) is 0.841. The Morgan fingerprint density at radius 3 is 2.71 bits per heavy atom. The Labute approximate surface area is 137 Å². The summed E-state index contributed by atoms with van der Waals surface area (Å²) in [6.45, 7) is 2.40. The summed E-state index contributed by atoms with van der Waals surface area (Å²) in [6.07, 6.45) is 4.33. The lowest BCUT2D eigenvalue weighted by molar-refractivity contribution is -0.121. The number of nitrogens with one attached hydrogen (secondary N) is 3. The highest BCUT2D eigenvalue weighted by Crippen LogP contribution is 2.11. The summed E-state index contributed by atoms with van der Waals surface area (Å²) in [5.41, 5.74) is 1.68. The van der Waals surface area contributed by atoms with Gasteiger partial charge >= 0.3 is 5.69 Å². The molecule has 24 heavy (non-hydrogen) atoms. The zero-order valence-electron chi connectivity index (χ0n) is 13.2. The number of amides is 1. The minimum atomic E-state index is -0.362. The zero-order chi connectivity index (χ0) is 16.9. The highest BCUT2D eigenvalue weighted by Gasteiger charge is 2.05. The number of imidazole rings is 1. The van der Waals surface area contributed by atoms with Crippen LogP contribution in [-0.4, -0.2) is 30.6 Å². The lowest BCUT2D eigenvalue weighted by Crippen LogP contribution is -2.23. The second kappa shape index (κ2) is 6.95. The maximum Gasteiger partial charge on any atom is 0.340 e. The van der Waals surface area contributed by atoms with Gasteiger partial charge in [-0.15, -0.1) is 0 Å². The number of hydrogen-bond acceptors (Lipinski definition) is 4. The van der Waals surface area contributed by atoms with Crippen LogP contribution in [0.1, 0.15) is 23.6 Å². The van der Waals surface area contributed by atoms with Crippen LogP contribution >= 0.6 is 0 Å². The van der Waals surface area contributed by atoms with Crippen molar-refractivity contribution in [3.05, 3.63) is 64.4 Å². The highest BCUT2D eigenvalue weighted by molar-refractivity contribution is 5.76. The fraction of sp³-hybridized carbons (Fsp3) is 0.250. The SMILES string of the molecule is Cc1nccn1-c1ccc(CNC(=O)CCc2n[nH]c(=O)[nH]2)cc1. The number of aryl methyl sites for hydroxylation is 2. The molecule has 0 saturated carbocycles. The van der Waals surface area contributed by atoms with Gasteiger partial charge in [-0.1, -0.05) is 12.1 Å². The number of hydrogen-bond donors (Lipinski definition) is 3. The van der Waals surface area contributed by atoms with Gasteiger partial charge in [-0.3, -0.25) is 9.78 Å². The van der Waals surface area contributed by atoms with Crippen LogP contribution in [0, 0.1) is 6.92 Å². The fourth-order valence-electron chi connectivity index (χ4n) is 2.37. The monoisotopic (exact) mass is 326 g/mol. The van der Waals surface area contributed by atoms with E-state index in [9.17, 15) is 9.59 Å². The van der Waals surface area contributed by atoms with Crippen molar-refractivity contribution in [3.8, 4) is 5.69 Å². The van der Waals surface area contributed by atoms with Crippen molar-refractivity contribution in [2.45, 2.75) is 26.3 Å². The normalized spacial score (nSPS) is 10.7. The molecule has 1 aromatic carbocycles. The van der Waals surface area contributed by atoms with E-state index in [4.69, 9.17) is 0 Å². The standard InChI is InChI=1S/C16H18N6O2/c1-11-17-8-9-22(11)13-4-2-12(3-5-13)10-18-15(23)7-6-14-19-16(24)21-20-14/h2-5,8-9H,6-7,10H2,1H3,(H,18,23)(H2,19,20,21,24). The van der Waals surface area contributed by atoms with E-state index in [2.05, 4.69) is 25.5 Å². The van der Waals surface area contributed by atoms with Crippen molar-refractivity contribution in [1.82, 2.24) is 30.0 Å². The van der Waals surface area contributed by atoms with Crippen molar-refractivity contribution in [2.24, 2.45) is 0 Å². The van der Waals surface area contributed by atoms with E-state index < -0.39 is 0 Å². The molecule has 3 rings (SSSR count). The molecule has 8 nitrogen and oxygen atoms in total. The minimum Gasteiger partial charge on any atom is -0.352 e. The molecule has 0 saturated heterocycles. The average molecular weight is 326 g/mol. The Morgan fingerprint density at radius 2 is 2.08 bits per heavy atom. The molecule has 0 radical (unpaired) electrons. The van der Waals surface area contributed by atoms with Crippen LogP contribution in [0.25, 0.3) is 5.69 Å². The van der Waals surface area contributed by atoms with Gasteiger partial charge in [-0.2, -0.15) is 5.10 Å². The number of carbonyl (C=O) groups excluding carboxylic acids is 1. The summed E-state index contributed by atoms with van der Waals surface area (Å²) in [4.78, 5) is 29.5. The molecule has 0 bridgehead atoms. The van der Waals surface area contributed by atoms with Crippen molar-refractivity contribution in [3.63, 3.8) is 0 Å². The molecular formula is C16H18N6O2. The van der Waals surface area contributed by atoms with Gasteiger partial charge in [0.25, 0.3) is 0 Å². The molecule has 0 atom stereocenters. The van der Waals surface area contributed by atoms with E-state index in [1.54, 1.807) is 6.20 Å². The number of aromatic amines is 2. The number of aromatic nitrogens is 5. The first-order valence-corrected chi connectivity index (χ1v) is 7.61. The Bertz CT molecular complexity index is 874. The second-order valence-electron chi connectivity index (χ2n) is 5.41. The molecule has 1 amide bonds. The highest BCUT2D eigenvalue weighted by atomic mass is 16.2. The summed E-state index contributed by atoms with van der Waals surface area (Å²) >= 11 is 0. The van der Waals surface area contributed by atoms with Crippen LogP contribution in [0.2, 0.25) is 0 Å². The van der Waals surface area contributed by atoms with Gasteiger partial charge in [0, 0.05) is 37.5 Å². The van der Waals surface area contributed by atoms with E-state index in [1.807, 2.05) is 42.0 Å². The minimum absolute atomic E-state index is 0.0895. The largest absolute Gasteiger partial charge is 0.352 e. The molecule has 3 N–H and O–H groups in total. The average Bonchev–Trinajstić information content (AvgIpc) is 3.20. The van der Waals surface area contributed by atoms with Crippen LogP contribution in [0.3, 0.4) is 0 Å². The number of carbonyl (C=O) groups is 1. The van der Waals surface area contributed by atoms with Crippen LogP contribution in [0.5, 0.6) is 0 Å². The summed E-state index contributed by atoms with van der Waals surface area (Å²) in [6, 6.07) is 7.93. The molecular weight excluding hydrogens is 308 g/mol. The third kappa shape index (κ3) is 3.78. The first-order chi connectivity index (χ1) is 11.6. The van der Waals surface area contributed by atoms with E-state index in [0.717, 1.165) is 17.1 Å². The van der Waals surface area contributed by atoms with Crippen LogP contribution in [0.4, 0.5) is 0 Å². The van der Waals surface area contributed by atoms with Gasteiger partial charge in [0.05, 0.1) is 0 Å². The van der Waals surface area contributed by atoms with Crippen LogP contribution < -0.4 is 11.0 Å². The summed E-state index contributed by atoms with van der Waals surface area (Å²) < 4.78 is 1.99. The smallest absolute Gasteiger partial charge is 0.340 e. The van der Waals surface area contributed by atoms with Crippen molar-refractivity contribution in [1.29, 1.82) is 0 Å². The third-order valence-electron chi connectivity index (χ3n) is 3.67. The Morgan fingerprint density at radius 1 is 1.29 bits per heavy atom. The molecule has 0 spiro atoms. The molecule has 0 aliphatic rings. The maximum atomic E-state index is 11.8. The molecule has 2 aromatic heterocycles. The predicted molar refractivity (Wildman–Crippen MR) is 87.7 cm³/mol. The zero-order valence-corrected chi connectivity index (χ0v) is 13.2. The molecule has 124 valence electrons. The third-order valence-corrected chi connectivity index (χ3v) is 3.67. The van der Waals surface area contributed by atoms with Gasteiger partial charge in [0.2, 0.25) is 5.91 Å². The molecule has 0 fully saturated rings. The molecule has 8 heteroatoms. The maximum absolute atomic E-state index is 11.8. The van der Waals surface area contributed by atoms with Gasteiger partial charge in [0.1, 0.15) is 11.6 Å². The Balaban J connectivity index is 1.50. The summed E-state index contributed by atoms with van der Waals surface area (Å²) in [7, 11) is 0. The van der Waals surface area contributed by atoms with Gasteiger partial charge < -0.3 is 9.88 Å². The van der Waals surface area contributed by atoms with Crippen molar-refractivity contribution < 1.29 is 4.79 Å². The Kier molecular flexibility index (Phi) is 4.55. The number of benzene rings is 1. The molecule has 0 aliphatic heterocycles. The molecule has 0 aliphatic carbocycles. The molecule has 3 aromatic rings. The summed E-state index contributed by atoms with van der Waals surface area (Å²) in [5.74, 6) is 1.32. The topological polar surface area (TPSA) is 108 Å². The quantitative estimate of drug-likeness (QED) is 0.623. The molecule has 2 heterocycles. The summed E-state index contributed by atoms with van der Waals surface area (Å²) in [5, 5.41) is 8.89. The number of rotatable bonds is 6. The lowest BCUT2D eigenvalue weighted by Gasteiger charge is -2.08. The van der Waals surface area contributed by atoms with Crippen LogP contribution in [0.15, 0.2) is 41.5 Å². The first-order valence-electron chi connectivity index (χ1n) is 7.61. The fourth-order valence-corrected chi connectivity index (χ4v) is 2.37. The van der Waals surface area contributed by atoms with Crippen molar-refractivity contribution >= 4 is 5.91 Å². The van der Waals surface area contributed by atoms with Gasteiger partial charge in [-0.05, 0) is 24.6 Å². The van der Waals surface area contributed by atoms with Gasteiger partial charge in [0.15, 0.2) is 0 Å². The number of H-pyrrole nitrogens is 2. The first kappa shape index (κ1) is 15.7. The van der Waals surface area contributed by atoms with Crippen molar-refractivity contribution in [2.75, 3.05) is 0 Å². The Hall–Kier alpha value is -3.16. The molecule has 0 unspecified atom stereocenters. The van der Waals surface area contributed by atoms with Gasteiger partial charge in [-0.25, -0.2) is 14.9 Å².